The molecular formula is C34H30N2O6. The summed E-state index contributed by atoms with van der Waals surface area (Å²) < 4.78 is 5.70. The second-order valence-corrected chi connectivity index (χ2v) is 11.8. The molecule has 1 saturated carbocycles. The highest BCUT2D eigenvalue weighted by molar-refractivity contribution is 6.25. The molecule has 0 spiro atoms. The van der Waals surface area contributed by atoms with Crippen LogP contribution in [0.1, 0.15) is 31.2 Å². The third-order valence-corrected chi connectivity index (χ3v) is 9.83. The van der Waals surface area contributed by atoms with E-state index in [1.807, 2.05) is 25.1 Å². The molecule has 212 valence electrons. The van der Waals surface area contributed by atoms with Crippen LogP contribution < -0.4 is 14.5 Å². The molecule has 2 aliphatic carbocycles. The number of hydrogen-bond acceptors (Lipinski definition) is 6. The Morgan fingerprint density at radius 3 is 2.10 bits per heavy atom. The van der Waals surface area contributed by atoms with E-state index in [9.17, 15) is 24.3 Å². The van der Waals surface area contributed by atoms with E-state index >= 15 is 0 Å². The maximum absolute atomic E-state index is 14.4. The van der Waals surface area contributed by atoms with Crippen LogP contribution in [0.25, 0.3) is 0 Å². The molecule has 0 unspecified atom stereocenters. The Hall–Kier alpha value is -4.72. The van der Waals surface area contributed by atoms with Crippen LogP contribution >= 0.6 is 0 Å². The van der Waals surface area contributed by atoms with Crippen molar-refractivity contribution in [2.45, 2.75) is 25.7 Å². The highest BCUT2D eigenvalue weighted by atomic mass is 16.5. The van der Waals surface area contributed by atoms with Gasteiger partial charge in [-0.05, 0) is 56.0 Å². The van der Waals surface area contributed by atoms with E-state index in [0.717, 1.165) is 5.57 Å². The van der Waals surface area contributed by atoms with Crippen molar-refractivity contribution < 1.29 is 29.0 Å². The summed E-state index contributed by atoms with van der Waals surface area (Å²) in [5, 5.41) is 10.2. The lowest BCUT2D eigenvalue weighted by Crippen LogP contribution is -2.49. The number of fused-ring (bicyclic) bond motifs is 4. The molecule has 2 saturated heterocycles. The smallest absolute Gasteiger partial charge is 0.241 e. The maximum atomic E-state index is 14.4. The number of carbonyl (C=O) groups excluding carboxylic acids is 4. The SMILES string of the molecule is COc1cc(O)ccc1[C@H]1C2=CC[C@@H]3C(=O)N(c4ccccc4)C(=O)[C@@H]3[C@@H]2C[C@H]2C(=O)N(c3ccccc3)C(=O)[C@@]12C. The summed E-state index contributed by atoms with van der Waals surface area (Å²) in [4.78, 5) is 58.9. The number of amides is 4. The molecule has 4 amide bonds. The predicted molar refractivity (Wildman–Crippen MR) is 155 cm³/mol. The predicted octanol–water partition coefficient (Wildman–Crippen LogP) is 4.84. The van der Waals surface area contributed by atoms with Gasteiger partial charge in [-0.25, -0.2) is 4.90 Å². The first kappa shape index (κ1) is 26.2. The topological polar surface area (TPSA) is 104 Å². The van der Waals surface area contributed by atoms with Gasteiger partial charge in [-0.1, -0.05) is 54.1 Å². The van der Waals surface area contributed by atoms with Crippen molar-refractivity contribution in [3.63, 3.8) is 0 Å². The molecule has 0 radical (unpaired) electrons. The third kappa shape index (κ3) is 3.47. The molecule has 6 atom stereocenters. The van der Waals surface area contributed by atoms with Crippen LogP contribution in [0.4, 0.5) is 11.4 Å². The Morgan fingerprint density at radius 2 is 1.45 bits per heavy atom. The van der Waals surface area contributed by atoms with Crippen LogP contribution in [0.2, 0.25) is 0 Å². The van der Waals surface area contributed by atoms with Crippen molar-refractivity contribution in [1.29, 1.82) is 0 Å². The summed E-state index contributed by atoms with van der Waals surface area (Å²) >= 11 is 0. The number of allylic oxidation sites excluding steroid dienone is 2. The van der Waals surface area contributed by atoms with Crippen molar-refractivity contribution in [2.75, 3.05) is 16.9 Å². The highest BCUT2D eigenvalue weighted by Crippen LogP contribution is 2.64. The van der Waals surface area contributed by atoms with Gasteiger partial charge >= 0.3 is 0 Å². The fraction of sp³-hybridized carbons (Fsp3) is 0.294. The molecule has 4 aliphatic rings. The van der Waals surface area contributed by atoms with Crippen molar-refractivity contribution in [3.05, 3.63) is 96.1 Å². The van der Waals surface area contributed by atoms with E-state index in [-0.39, 0.29) is 35.8 Å². The number of nitrogens with zero attached hydrogens (tertiary/aromatic N) is 2. The van der Waals surface area contributed by atoms with Crippen LogP contribution in [0.5, 0.6) is 11.5 Å². The van der Waals surface area contributed by atoms with Crippen molar-refractivity contribution >= 4 is 35.0 Å². The summed E-state index contributed by atoms with van der Waals surface area (Å²) in [5.74, 6) is -3.71. The summed E-state index contributed by atoms with van der Waals surface area (Å²) in [6, 6.07) is 22.6. The molecule has 2 heterocycles. The lowest BCUT2D eigenvalue weighted by Gasteiger charge is -2.49. The van der Waals surface area contributed by atoms with E-state index in [2.05, 4.69) is 0 Å². The monoisotopic (exact) mass is 562 g/mol. The zero-order valence-electron chi connectivity index (χ0n) is 23.3. The van der Waals surface area contributed by atoms with Crippen LogP contribution in [0.3, 0.4) is 0 Å². The fourth-order valence-electron chi connectivity index (χ4n) is 7.95. The van der Waals surface area contributed by atoms with Gasteiger partial charge in [-0.15, -0.1) is 0 Å². The molecule has 0 bridgehead atoms. The van der Waals surface area contributed by atoms with Gasteiger partial charge in [0.1, 0.15) is 11.5 Å². The van der Waals surface area contributed by atoms with Crippen LogP contribution in [-0.4, -0.2) is 35.8 Å². The number of anilines is 2. The second-order valence-electron chi connectivity index (χ2n) is 11.8. The minimum atomic E-state index is -1.18. The molecule has 8 heteroatoms. The number of imide groups is 2. The van der Waals surface area contributed by atoms with E-state index < -0.39 is 35.0 Å². The van der Waals surface area contributed by atoms with Crippen LogP contribution in [0, 0.1) is 29.1 Å². The summed E-state index contributed by atoms with van der Waals surface area (Å²) in [6.45, 7) is 1.83. The molecular weight excluding hydrogens is 532 g/mol. The number of aromatic hydroxyl groups is 1. The average Bonchev–Trinajstić information content (AvgIpc) is 3.37. The number of benzene rings is 3. The largest absolute Gasteiger partial charge is 0.508 e. The number of phenols is 1. The molecule has 7 rings (SSSR count). The Labute approximate surface area is 243 Å². The average molecular weight is 563 g/mol. The van der Waals surface area contributed by atoms with Gasteiger partial charge in [0.2, 0.25) is 23.6 Å². The lowest BCUT2D eigenvalue weighted by molar-refractivity contribution is -0.131. The lowest BCUT2D eigenvalue weighted by atomic mass is 9.51. The molecule has 3 aromatic rings. The molecule has 0 aromatic heterocycles. The van der Waals surface area contributed by atoms with Gasteiger partial charge in [0, 0.05) is 17.5 Å². The number of rotatable bonds is 4. The van der Waals surface area contributed by atoms with Gasteiger partial charge in [0.05, 0.1) is 41.7 Å². The Bertz CT molecular complexity index is 1670. The fourth-order valence-corrected chi connectivity index (χ4v) is 7.95. The molecule has 2 aliphatic heterocycles. The van der Waals surface area contributed by atoms with E-state index in [1.165, 1.54) is 23.0 Å². The number of methoxy groups -OCH3 is 1. The number of para-hydroxylation sites is 2. The Morgan fingerprint density at radius 1 is 0.810 bits per heavy atom. The van der Waals surface area contributed by atoms with E-state index in [1.54, 1.807) is 60.7 Å². The molecule has 8 nitrogen and oxygen atoms in total. The van der Waals surface area contributed by atoms with Gasteiger partial charge in [0.25, 0.3) is 0 Å². The third-order valence-electron chi connectivity index (χ3n) is 9.83. The van der Waals surface area contributed by atoms with Gasteiger partial charge in [0.15, 0.2) is 0 Å². The minimum Gasteiger partial charge on any atom is -0.508 e. The first-order valence-corrected chi connectivity index (χ1v) is 14.2. The number of hydrogen-bond donors (Lipinski definition) is 1. The molecule has 3 fully saturated rings. The summed E-state index contributed by atoms with van der Waals surface area (Å²) in [6.07, 6.45) is 2.63. The van der Waals surface area contributed by atoms with Crippen LogP contribution in [0.15, 0.2) is 90.5 Å². The number of ether oxygens (including phenoxy) is 1. The highest BCUT2D eigenvalue weighted by Gasteiger charge is 2.68. The molecule has 3 aromatic carbocycles. The number of carbonyl (C=O) groups is 4. The van der Waals surface area contributed by atoms with Gasteiger partial charge in [-0.3, -0.25) is 24.1 Å². The second kappa shape index (κ2) is 9.41. The molecule has 42 heavy (non-hydrogen) atoms. The van der Waals surface area contributed by atoms with Gasteiger partial charge < -0.3 is 9.84 Å². The zero-order chi connectivity index (χ0) is 29.3. The first-order chi connectivity index (χ1) is 20.3. The first-order valence-electron chi connectivity index (χ1n) is 14.2. The van der Waals surface area contributed by atoms with E-state index in [0.29, 0.717) is 29.1 Å². The number of phenolic OH excluding ortho intramolecular Hbond substituents is 1. The minimum absolute atomic E-state index is 0.0113. The van der Waals surface area contributed by atoms with Crippen molar-refractivity contribution in [2.24, 2.45) is 29.1 Å². The maximum Gasteiger partial charge on any atom is 0.241 e. The van der Waals surface area contributed by atoms with Crippen LogP contribution in [-0.2, 0) is 19.2 Å². The Balaban J connectivity index is 1.40. The summed E-state index contributed by atoms with van der Waals surface area (Å²) in [5.41, 5.74) is 1.37. The van der Waals surface area contributed by atoms with Crippen molar-refractivity contribution in [1.82, 2.24) is 0 Å². The molecule has 1 N–H and O–H groups in total. The normalized spacial score (nSPS) is 30.1. The summed E-state index contributed by atoms with van der Waals surface area (Å²) in [7, 11) is 1.50. The van der Waals surface area contributed by atoms with Gasteiger partial charge in [-0.2, -0.15) is 0 Å². The Kier molecular flexibility index (Phi) is 5.87. The van der Waals surface area contributed by atoms with Crippen molar-refractivity contribution in [3.8, 4) is 11.5 Å². The standard InChI is InChI=1S/C34H30N2O6/c1-34-26(31(39)36(33(34)41)20-11-7-4-8-12-20)18-25-22(29(34)23-14-13-21(37)17-27(23)42-2)15-16-24-28(25)32(40)35(30(24)38)19-9-5-3-6-10-19/h3-15,17,24-26,28-29,37H,16,18H2,1-2H3/t24-,25+,26-,28-,29+,34+/m0/s1. The quantitative estimate of drug-likeness (QED) is 0.361. The van der Waals surface area contributed by atoms with E-state index in [4.69, 9.17) is 4.74 Å². The zero-order valence-corrected chi connectivity index (χ0v) is 23.3.